The van der Waals surface area contributed by atoms with Gasteiger partial charge in [0.1, 0.15) is 11.6 Å². The molecule has 1 aliphatic rings. The highest BCUT2D eigenvalue weighted by atomic mass is 19.1. The van der Waals surface area contributed by atoms with E-state index in [2.05, 4.69) is 15.3 Å². The molecule has 2 aromatic rings. The molecule has 1 atom stereocenters. The molecule has 1 aromatic carbocycles. The van der Waals surface area contributed by atoms with E-state index in [4.69, 9.17) is 0 Å². The molecule has 1 N–H and O–H groups in total. The summed E-state index contributed by atoms with van der Waals surface area (Å²) < 4.78 is 13.8. The summed E-state index contributed by atoms with van der Waals surface area (Å²) in [6, 6.07) is 6.08. The molecular weight excluding hydrogens is 383 g/mol. The standard InChI is InChI=1S/C23H29FN4O2/c1-14(2)23(30)28-11-7-8-17(13-28)22-25-15(3)18(16(4)26-22)12-21(29)27-20-10-6-5-9-19(20)24/h5-6,9-10,14,17H,7-8,11-13H2,1-4H3,(H,27,29)/t17-/m1/s1. The number of aromatic nitrogens is 2. The lowest BCUT2D eigenvalue weighted by molar-refractivity contribution is -0.135. The van der Waals surface area contributed by atoms with E-state index in [1.165, 1.54) is 12.1 Å². The number of carbonyl (C=O) groups is 2. The van der Waals surface area contributed by atoms with E-state index >= 15 is 0 Å². The van der Waals surface area contributed by atoms with Gasteiger partial charge in [-0.1, -0.05) is 26.0 Å². The number of anilines is 1. The third-order valence-electron chi connectivity index (χ3n) is 5.52. The van der Waals surface area contributed by atoms with Crippen LogP contribution in [0.25, 0.3) is 0 Å². The summed E-state index contributed by atoms with van der Waals surface area (Å²) >= 11 is 0. The third-order valence-corrected chi connectivity index (χ3v) is 5.52. The highest BCUT2D eigenvalue weighted by Gasteiger charge is 2.28. The Morgan fingerprint density at radius 3 is 2.50 bits per heavy atom. The Morgan fingerprint density at radius 2 is 1.87 bits per heavy atom. The number of hydrogen-bond donors (Lipinski definition) is 1. The number of halogens is 1. The summed E-state index contributed by atoms with van der Waals surface area (Å²) in [4.78, 5) is 36.0. The summed E-state index contributed by atoms with van der Waals surface area (Å²) in [5, 5.41) is 2.61. The highest BCUT2D eigenvalue weighted by molar-refractivity contribution is 5.92. The second-order valence-corrected chi connectivity index (χ2v) is 8.21. The topological polar surface area (TPSA) is 75.2 Å². The van der Waals surface area contributed by atoms with Gasteiger partial charge in [-0.3, -0.25) is 9.59 Å². The van der Waals surface area contributed by atoms with Crippen molar-refractivity contribution < 1.29 is 14.0 Å². The van der Waals surface area contributed by atoms with E-state index in [0.717, 1.165) is 42.2 Å². The van der Waals surface area contributed by atoms with E-state index in [0.29, 0.717) is 6.54 Å². The fourth-order valence-electron chi connectivity index (χ4n) is 3.87. The Morgan fingerprint density at radius 1 is 1.20 bits per heavy atom. The molecule has 0 spiro atoms. The molecule has 1 aromatic heterocycles. The van der Waals surface area contributed by atoms with Crippen LogP contribution in [0.3, 0.4) is 0 Å². The monoisotopic (exact) mass is 412 g/mol. The van der Waals surface area contributed by atoms with Gasteiger partial charge in [-0.2, -0.15) is 0 Å². The molecule has 0 aliphatic carbocycles. The van der Waals surface area contributed by atoms with Crippen LogP contribution in [0.4, 0.5) is 10.1 Å². The minimum absolute atomic E-state index is 0.0246. The molecule has 1 fully saturated rings. The fourth-order valence-corrected chi connectivity index (χ4v) is 3.87. The van der Waals surface area contributed by atoms with Gasteiger partial charge in [0.25, 0.3) is 0 Å². The zero-order chi connectivity index (χ0) is 21.8. The lowest BCUT2D eigenvalue weighted by Gasteiger charge is -2.33. The van der Waals surface area contributed by atoms with Crippen LogP contribution in [-0.2, 0) is 16.0 Å². The van der Waals surface area contributed by atoms with Gasteiger partial charge in [-0.15, -0.1) is 0 Å². The number of carbonyl (C=O) groups excluding carboxylic acids is 2. The lowest BCUT2D eigenvalue weighted by Crippen LogP contribution is -2.41. The molecule has 7 heteroatoms. The number of benzene rings is 1. The van der Waals surface area contributed by atoms with Crippen molar-refractivity contribution in [1.29, 1.82) is 0 Å². The van der Waals surface area contributed by atoms with E-state index in [1.807, 2.05) is 32.6 Å². The van der Waals surface area contributed by atoms with Crippen molar-refractivity contribution in [2.45, 2.75) is 52.9 Å². The quantitative estimate of drug-likeness (QED) is 0.811. The van der Waals surface area contributed by atoms with Crippen molar-refractivity contribution >= 4 is 17.5 Å². The minimum Gasteiger partial charge on any atom is -0.342 e. The summed E-state index contributed by atoms with van der Waals surface area (Å²) in [5.74, 6) is 0.181. The Balaban J connectivity index is 1.73. The van der Waals surface area contributed by atoms with Crippen LogP contribution in [0.1, 0.15) is 55.4 Å². The molecule has 1 aliphatic heterocycles. The molecule has 0 unspecified atom stereocenters. The Kier molecular flexibility index (Phi) is 6.80. The maximum absolute atomic E-state index is 13.8. The maximum atomic E-state index is 13.8. The van der Waals surface area contributed by atoms with Crippen LogP contribution in [-0.4, -0.2) is 39.8 Å². The van der Waals surface area contributed by atoms with Gasteiger partial charge < -0.3 is 10.2 Å². The average molecular weight is 413 g/mol. The largest absolute Gasteiger partial charge is 0.342 e. The normalized spacial score (nSPS) is 16.6. The first-order chi connectivity index (χ1) is 14.3. The lowest BCUT2D eigenvalue weighted by atomic mass is 9.95. The van der Waals surface area contributed by atoms with Crippen LogP contribution in [0.2, 0.25) is 0 Å². The van der Waals surface area contributed by atoms with E-state index < -0.39 is 5.82 Å². The van der Waals surface area contributed by atoms with Crippen LogP contribution in [0, 0.1) is 25.6 Å². The molecular formula is C23H29FN4O2. The van der Waals surface area contributed by atoms with Crippen LogP contribution in [0.5, 0.6) is 0 Å². The second kappa shape index (κ2) is 9.32. The first-order valence-electron chi connectivity index (χ1n) is 10.4. The third kappa shape index (κ3) is 5.01. The number of aryl methyl sites for hydroxylation is 2. The predicted octanol–water partition coefficient (Wildman–Crippen LogP) is 3.78. The Bertz CT molecular complexity index is 922. The molecule has 3 rings (SSSR count). The summed E-state index contributed by atoms with van der Waals surface area (Å²) in [7, 11) is 0. The fraction of sp³-hybridized carbons (Fsp3) is 0.478. The minimum atomic E-state index is -0.469. The zero-order valence-electron chi connectivity index (χ0n) is 18.0. The Labute approximate surface area is 176 Å². The van der Waals surface area contributed by atoms with Gasteiger partial charge >= 0.3 is 0 Å². The van der Waals surface area contributed by atoms with Gasteiger partial charge in [0.15, 0.2) is 0 Å². The molecule has 6 nitrogen and oxygen atoms in total. The van der Waals surface area contributed by atoms with Gasteiger partial charge in [0.05, 0.1) is 12.1 Å². The number of amides is 2. The number of piperidine rings is 1. The average Bonchev–Trinajstić information content (AvgIpc) is 2.71. The highest BCUT2D eigenvalue weighted by Crippen LogP contribution is 2.27. The number of para-hydroxylation sites is 1. The smallest absolute Gasteiger partial charge is 0.229 e. The summed E-state index contributed by atoms with van der Waals surface area (Å²) in [6.07, 6.45) is 1.94. The van der Waals surface area contributed by atoms with E-state index in [1.54, 1.807) is 12.1 Å². The summed E-state index contributed by atoms with van der Waals surface area (Å²) in [5.41, 5.74) is 2.40. The summed E-state index contributed by atoms with van der Waals surface area (Å²) in [6.45, 7) is 8.96. The zero-order valence-corrected chi connectivity index (χ0v) is 18.0. The van der Waals surface area contributed by atoms with Crippen molar-refractivity contribution in [3.8, 4) is 0 Å². The molecule has 30 heavy (non-hydrogen) atoms. The molecule has 0 saturated carbocycles. The predicted molar refractivity (Wildman–Crippen MR) is 114 cm³/mol. The molecule has 0 radical (unpaired) electrons. The van der Waals surface area contributed by atoms with Crippen molar-refractivity contribution in [1.82, 2.24) is 14.9 Å². The van der Waals surface area contributed by atoms with Crippen molar-refractivity contribution in [3.05, 3.63) is 52.9 Å². The van der Waals surface area contributed by atoms with Crippen LogP contribution in [0.15, 0.2) is 24.3 Å². The van der Waals surface area contributed by atoms with Gasteiger partial charge in [-0.25, -0.2) is 14.4 Å². The first kappa shape index (κ1) is 21.9. The number of hydrogen-bond acceptors (Lipinski definition) is 4. The molecule has 160 valence electrons. The van der Waals surface area contributed by atoms with Crippen molar-refractivity contribution in [2.24, 2.45) is 5.92 Å². The van der Waals surface area contributed by atoms with Gasteiger partial charge in [0, 0.05) is 41.9 Å². The van der Waals surface area contributed by atoms with Gasteiger partial charge in [0.2, 0.25) is 11.8 Å². The van der Waals surface area contributed by atoms with Gasteiger partial charge in [-0.05, 0) is 38.8 Å². The molecule has 1 saturated heterocycles. The molecule has 2 heterocycles. The maximum Gasteiger partial charge on any atom is 0.229 e. The molecule has 0 bridgehead atoms. The van der Waals surface area contributed by atoms with Crippen LogP contribution >= 0.6 is 0 Å². The van der Waals surface area contributed by atoms with Crippen molar-refractivity contribution in [3.63, 3.8) is 0 Å². The molecule has 2 amide bonds. The number of rotatable bonds is 5. The number of nitrogens with zero attached hydrogens (tertiary/aromatic N) is 3. The number of nitrogens with one attached hydrogen (secondary N) is 1. The second-order valence-electron chi connectivity index (χ2n) is 8.21. The SMILES string of the molecule is Cc1nc([C@@H]2CCCN(C(=O)C(C)C)C2)nc(C)c1CC(=O)Nc1ccccc1F. The van der Waals surface area contributed by atoms with E-state index in [9.17, 15) is 14.0 Å². The Hall–Kier alpha value is -2.83. The van der Waals surface area contributed by atoms with Crippen molar-refractivity contribution in [2.75, 3.05) is 18.4 Å². The first-order valence-corrected chi connectivity index (χ1v) is 10.4. The van der Waals surface area contributed by atoms with Crippen LogP contribution < -0.4 is 5.32 Å². The van der Waals surface area contributed by atoms with E-state index in [-0.39, 0.29) is 35.8 Å². The number of likely N-dealkylation sites (tertiary alicyclic amines) is 1.